The second kappa shape index (κ2) is 4.88. The van der Waals surface area contributed by atoms with Crippen molar-refractivity contribution in [2.75, 3.05) is 26.7 Å². The van der Waals surface area contributed by atoms with Crippen molar-refractivity contribution in [2.24, 2.45) is 0 Å². The minimum atomic E-state index is 0.258. The van der Waals surface area contributed by atoms with Crippen LogP contribution in [0.3, 0.4) is 0 Å². The van der Waals surface area contributed by atoms with Crippen LogP contribution < -0.4 is 5.32 Å². The highest BCUT2D eigenvalue weighted by atomic mass is 15.2. The molecule has 94 valence electrons. The van der Waals surface area contributed by atoms with Crippen LogP contribution in [0.2, 0.25) is 0 Å². The van der Waals surface area contributed by atoms with E-state index in [1.54, 1.807) is 0 Å². The first-order valence-electron chi connectivity index (χ1n) is 6.22. The van der Waals surface area contributed by atoms with Crippen LogP contribution >= 0.6 is 0 Å². The quantitative estimate of drug-likeness (QED) is 0.827. The molecule has 0 radical (unpaired) electrons. The highest BCUT2D eigenvalue weighted by Gasteiger charge is 2.23. The van der Waals surface area contributed by atoms with Gasteiger partial charge in [0, 0.05) is 32.0 Å². The lowest BCUT2D eigenvalue weighted by Gasteiger charge is -2.31. The van der Waals surface area contributed by atoms with Crippen LogP contribution in [0.15, 0.2) is 30.6 Å². The Labute approximate surface area is 106 Å². The van der Waals surface area contributed by atoms with Gasteiger partial charge in [0.15, 0.2) is 0 Å². The molecule has 5 nitrogen and oxygen atoms in total. The van der Waals surface area contributed by atoms with Crippen molar-refractivity contribution in [2.45, 2.75) is 6.04 Å². The zero-order chi connectivity index (χ0) is 12.4. The Kier molecular flexibility index (Phi) is 3.08. The van der Waals surface area contributed by atoms with Gasteiger partial charge in [-0.15, -0.1) is 0 Å². The molecule has 2 aromatic heterocycles. The van der Waals surface area contributed by atoms with E-state index in [-0.39, 0.29) is 6.04 Å². The van der Waals surface area contributed by atoms with Gasteiger partial charge in [0.2, 0.25) is 0 Å². The second-order valence-corrected chi connectivity index (χ2v) is 4.58. The van der Waals surface area contributed by atoms with E-state index >= 15 is 0 Å². The summed E-state index contributed by atoms with van der Waals surface area (Å²) in [5.74, 6) is 0.886. The monoisotopic (exact) mass is 243 g/mol. The summed E-state index contributed by atoms with van der Waals surface area (Å²) in [6.45, 7) is 2.97. The first kappa shape index (κ1) is 11.4. The van der Waals surface area contributed by atoms with Crippen molar-refractivity contribution in [3.63, 3.8) is 0 Å². The van der Waals surface area contributed by atoms with Crippen molar-refractivity contribution in [3.05, 3.63) is 36.4 Å². The first-order chi connectivity index (χ1) is 8.84. The molecule has 2 N–H and O–H groups in total. The van der Waals surface area contributed by atoms with Crippen LogP contribution in [-0.4, -0.2) is 46.5 Å². The summed E-state index contributed by atoms with van der Waals surface area (Å²) in [6, 6.07) is 6.19. The fourth-order valence-electron chi connectivity index (χ4n) is 2.27. The molecule has 3 rings (SSSR count). The molecule has 1 unspecified atom stereocenters. The Hall–Kier alpha value is -1.72. The summed E-state index contributed by atoms with van der Waals surface area (Å²) in [7, 11) is 2.12. The number of H-pyrrole nitrogens is 1. The SMILES string of the molecule is CN1CCNCC1c1nccc(-c2ccc[nH]2)n1. The van der Waals surface area contributed by atoms with E-state index in [0.717, 1.165) is 36.8 Å². The molecule has 0 bridgehead atoms. The van der Waals surface area contributed by atoms with Gasteiger partial charge in [0.25, 0.3) is 0 Å². The molecule has 1 atom stereocenters. The van der Waals surface area contributed by atoms with Gasteiger partial charge in [-0.05, 0) is 25.2 Å². The fraction of sp³-hybridized carbons (Fsp3) is 0.385. The third-order valence-corrected chi connectivity index (χ3v) is 3.36. The van der Waals surface area contributed by atoms with Crippen molar-refractivity contribution in [1.29, 1.82) is 0 Å². The summed E-state index contributed by atoms with van der Waals surface area (Å²) in [6.07, 6.45) is 3.74. The molecular weight excluding hydrogens is 226 g/mol. The Morgan fingerprint density at radius 1 is 1.39 bits per heavy atom. The summed E-state index contributed by atoms with van der Waals surface area (Å²) in [5, 5.41) is 3.39. The van der Waals surface area contributed by atoms with E-state index in [1.807, 2.05) is 30.6 Å². The van der Waals surface area contributed by atoms with E-state index in [9.17, 15) is 0 Å². The molecule has 0 spiro atoms. The minimum absolute atomic E-state index is 0.258. The fourth-order valence-corrected chi connectivity index (χ4v) is 2.27. The largest absolute Gasteiger partial charge is 0.360 e. The summed E-state index contributed by atoms with van der Waals surface area (Å²) in [4.78, 5) is 14.6. The van der Waals surface area contributed by atoms with E-state index < -0.39 is 0 Å². The van der Waals surface area contributed by atoms with Crippen molar-refractivity contribution in [1.82, 2.24) is 25.2 Å². The molecule has 1 fully saturated rings. The number of hydrogen-bond donors (Lipinski definition) is 2. The number of likely N-dealkylation sites (N-methyl/N-ethyl adjacent to an activating group) is 1. The Morgan fingerprint density at radius 3 is 3.11 bits per heavy atom. The van der Waals surface area contributed by atoms with Gasteiger partial charge < -0.3 is 10.3 Å². The summed E-state index contributed by atoms with van der Waals surface area (Å²) in [5.41, 5.74) is 1.98. The van der Waals surface area contributed by atoms with Crippen LogP contribution in [0.1, 0.15) is 11.9 Å². The predicted molar refractivity (Wildman–Crippen MR) is 70.1 cm³/mol. The molecule has 1 aliphatic rings. The molecule has 0 amide bonds. The van der Waals surface area contributed by atoms with Gasteiger partial charge in [0.05, 0.1) is 17.4 Å². The van der Waals surface area contributed by atoms with Gasteiger partial charge in [-0.2, -0.15) is 0 Å². The van der Waals surface area contributed by atoms with Crippen LogP contribution in [0.4, 0.5) is 0 Å². The molecule has 3 heterocycles. The zero-order valence-corrected chi connectivity index (χ0v) is 10.4. The summed E-state index contributed by atoms with van der Waals surface area (Å²) < 4.78 is 0. The topological polar surface area (TPSA) is 56.8 Å². The Morgan fingerprint density at radius 2 is 2.33 bits per heavy atom. The van der Waals surface area contributed by atoms with Crippen molar-refractivity contribution < 1.29 is 0 Å². The number of rotatable bonds is 2. The van der Waals surface area contributed by atoms with Gasteiger partial charge in [-0.1, -0.05) is 0 Å². The predicted octanol–water partition coefficient (Wildman–Crippen LogP) is 1.05. The average Bonchev–Trinajstić information content (AvgIpc) is 2.93. The number of aromatic nitrogens is 3. The number of aromatic amines is 1. The van der Waals surface area contributed by atoms with Gasteiger partial charge in [-0.3, -0.25) is 4.90 Å². The second-order valence-electron chi connectivity index (χ2n) is 4.58. The third-order valence-electron chi connectivity index (χ3n) is 3.36. The number of hydrogen-bond acceptors (Lipinski definition) is 4. The third kappa shape index (κ3) is 2.14. The molecular formula is C13H17N5. The normalized spacial score (nSPS) is 21.1. The van der Waals surface area contributed by atoms with E-state index in [2.05, 4.69) is 32.2 Å². The van der Waals surface area contributed by atoms with Crippen LogP contribution in [0.25, 0.3) is 11.4 Å². The van der Waals surface area contributed by atoms with Crippen molar-refractivity contribution >= 4 is 0 Å². The summed E-state index contributed by atoms with van der Waals surface area (Å²) >= 11 is 0. The van der Waals surface area contributed by atoms with Gasteiger partial charge >= 0.3 is 0 Å². The molecule has 0 aromatic carbocycles. The van der Waals surface area contributed by atoms with E-state index in [1.165, 1.54) is 0 Å². The number of piperazine rings is 1. The van der Waals surface area contributed by atoms with Gasteiger partial charge in [-0.25, -0.2) is 9.97 Å². The minimum Gasteiger partial charge on any atom is -0.360 e. The average molecular weight is 243 g/mol. The maximum atomic E-state index is 4.67. The maximum Gasteiger partial charge on any atom is 0.147 e. The lowest BCUT2D eigenvalue weighted by Crippen LogP contribution is -2.44. The van der Waals surface area contributed by atoms with Gasteiger partial charge in [0.1, 0.15) is 5.82 Å². The van der Waals surface area contributed by atoms with Crippen LogP contribution in [-0.2, 0) is 0 Å². The molecule has 0 aliphatic carbocycles. The van der Waals surface area contributed by atoms with E-state index in [0.29, 0.717) is 0 Å². The zero-order valence-electron chi connectivity index (χ0n) is 10.4. The highest BCUT2D eigenvalue weighted by Crippen LogP contribution is 2.20. The van der Waals surface area contributed by atoms with Crippen LogP contribution in [0, 0.1) is 0 Å². The molecule has 18 heavy (non-hydrogen) atoms. The lowest BCUT2D eigenvalue weighted by molar-refractivity contribution is 0.194. The molecule has 0 saturated carbocycles. The number of nitrogens with zero attached hydrogens (tertiary/aromatic N) is 3. The Bertz CT molecular complexity index is 508. The number of nitrogens with one attached hydrogen (secondary N) is 2. The lowest BCUT2D eigenvalue weighted by atomic mass is 10.2. The smallest absolute Gasteiger partial charge is 0.147 e. The molecule has 1 saturated heterocycles. The van der Waals surface area contributed by atoms with E-state index in [4.69, 9.17) is 0 Å². The molecule has 2 aromatic rings. The molecule has 1 aliphatic heterocycles. The maximum absolute atomic E-state index is 4.67. The first-order valence-corrected chi connectivity index (χ1v) is 6.22. The Balaban J connectivity index is 1.91. The standard InChI is InChI=1S/C13H17N5/c1-18-8-7-14-9-12(18)13-16-6-4-11(17-13)10-3-2-5-15-10/h2-6,12,14-15H,7-9H2,1H3. The highest BCUT2D eigenvalue weighted by molar-refractivity contribution is 5.53. The van der Waals surface area contributed by atoms with Crippen molar-refractivity contribution in [3.8, 4) is 11.4 Å². The molecule has 5 heteroatoms. The van der Waals surface area contributed by atoms with Crippen LogP contribution in [0.5, 0.6) is 0 Å².